The van der Waals surface area contributed by atoms with E-state index >= 15 is 0 Å². The van der Waals surface area contributed by atoms with E-state index in [2.05, 4.69) is 9.40 Å². The summed E-state index contributed by atoms with van der Waals surface area (Å²) in [5, 5.41) is 0. The van der Waals surface area contributed by atoms with Crippen LogP contribution in [0, 0.1) is 12.9 Å². The van der Waals surface area contributed by atoms with E-state index in [1.165, 1.54) is 0 Å². The second-order valence-electron chi connectivity index (χ2n) is 1.85. The molecule has 0 saturated heterocycles. The van der Waals surface area contributed by atoms with E-state index in [9.17, 15) is 17.6 Å². The molecular weight excluding hydrogens is 166 g/mol. The van der Waals surface area contributed by atoms with Crippen LogP contribution in [-0.4, -0.2) is 4.98 Å². The first-order valence-corrected chi connectivity index (χ1v) is 2.61. The molecule has 1 rings (SSSR count). The van der Waals surface area contributed by atoms with Crippen LogP contribution < -0.4 is 0 Å². The summed E-state index contributed by atoms with van der Waals surface area (Å²) in [6.07, 6.45) is -4.80. The average molecular weight is 169 g/mol. The minimum atomic E-state index is -4.80. The first kappa shape index (κ1) is 8.03. The standard InChI is InChI=1S/C5H3F4NO/c1-2-10-4(6)3(11-2)5(7,8)9/h1H3. The van der Waals surface area contributed by atoms with E-state index in [1.54, 1.807) is 0 Å². The Morgan fingerprint density at radius 2 is 1.91 bits per heavy atom. The van der Waals surface area contributed by atoms with Gasteiger partial charge in [0.25, 0.3) is 11.7 Å². The summed E-state index contributed by atoms with van der Waals surface area (Å²) in [6.45, 7) is 1.14. The molecule has 0 bridgehead atoms. The van der Waals surface area contributed by atoms with Crippen molar-refractivity contribution < 1.29 is 22.0 Å². The van der Waals surface area contributed by atoms with Crippen molar-refractivity contribution >= 4 is 0 Å². The molecule has 0 saturated carbocycles. The first-order chi connectivity index (χ1) is 4.91. The Morgan fingerprint density at radius 1 is 1.36 bits per heavy atom. The van der Waals surface area contributed by atoms with Crippen LogP contribution >= 0.6 is 0 Å². The highest BCUT2D eigenvalue weighted by Crippen LogP contribution is 2.31. The van der Waals surface area contributed by atoms with Crippen LogP contribution in [0.3, 0.4) is 0 Å². The van der Waals surface area contributed by atoms with E-state index in [-0.39, 0.29) is 5.89 Å². The minimum Gasteiger partial charge on any atom is -0.433 e. The predicted molar refractivity (Wildman–Crippen MR) is 26.2 cm³/mol. The number of halogens is 4. The molecule has 0 amide bonds. The van der Waals surface area contributed by atoms with Crippen LogP contribution in [0.15, 0.2) is 4.42 Å². The zero-order valence-corrected chi connectivity index (χ0v) is 5.37. The summed E-state index contributed by atoms with van der Waals surface area (Å²) in [5.74, 6) is -3.63. The molecule has 62 valence electrons. The molecule has 0 fully saturated rings. The van der Waals surface area contributed by atoms with Crippen molar-refractivity contribution in [3.05, 3.63) is 17.6 Å². The molecule has 0 aliphatic carbocycles. The van der Waals surface area contributed by atoms with Gasteiger partial charge in [-0.25, -0.2) is 0 Å². The van der Waals surface area contributed by atoms with Crippen LogP contribution in [0.25, 0.3) is 0 Å². The molecule has 1 heterocycles. The summed E-state index contributed by atoms with van der Waals surface area (Å²) in [7, 11) is 0. The number of hydrogen-bond acceptors (Lipinski definition) is 2. The highest BCUT2D eigenvalue weighted by molar-refractivity contribution is 5.00. The van der Waals surface area contributed by atoms with Gasteiger partial charge in [0.1, 0.15) is 0 Å². The fourth-order valence-electron chi connectivity index (χ4n) is 0.576. The average Bonchev–Trinajstić information content (AvgIpc) is 2.08. The van der Waals surface area contributed by atoms with Gasteiger partial charge in [-0.15, -0.1) is 0 Å². The van der Waals surface area contributed by atoms with Gasteiger partial charge >= 0.3 is 6.18 Å². The number of nitrogens with zero attached hydrogens (tertiary/aromatic N) is 1. The second kappa shape index (κ2) is 2.21. The van der Waals surface area contributed by atoms with Crippen molar-refractivity contribution in [1.29, 1.82) is 0 Å². The summed E-state index contributed by atoms with van der Waals surface area (Å²) in [4.78, 5) is 2.82. The Kier molecular flexibility index (Phi) is 1.62. The quantitative estimate of drug-likeness (QED) is 0.556. The second-order valence-corrected chi connectivity index (χ2v) is 1.85. The number of aromatic nitrogens is 1. The summed E-state index contributed by atoms with van der Waals surface area (Å²) in [6, 6.07) is 0. The van der Waals surface area contributed by atoms with Crippen LogP contribution in [0.4, 0.5) is 17.6 Å². The topological polar surface area (TPSA) is 26.0 Å². The Bertz CT molecular complexity index is 264. The Labute approximate surface area is 58.8 Å². The zero-order chi connectivity index (χ0) is 8.65. The maximum Gasteiger partial charge on any atom is 0.454 e. The number of alkyl halides is 3. The fourth-order valence-corrected chi connectivity index (χ4v) is 0.576. The number of aryl methyl sites for hydroxylation is 1. The van der Waals surface area contributed by atoms with Gasteiger partial charge in [0.15, 0.2) is 5.89 Å². The van der Waals surface area contributed by atoms with Gasteiger partial charge in [0, 0.05) is 6.92 Å². The molecular formula is C5H3F4NO. The van der Waals surface area contributed by atoms with E-state index in [0.29, 0.717) is 0 Å². The van der Waals surface area contributed by atoms with Gasteiger partial charge in [-0.3, -0.25) is 0 Å². The molecule has 1 aromatic heterocycles. The van der Waals surface area contributed by atoms with Crippen molar-refractivity contribution in [2.24, 2.45) is 0 Å². The lowest BCUT2D eigenvalue weighted by atomic mass is 10.5. The smallest absolute Gasteiger partial charge is 0.433 e. The van der Waals surface area contributed by atoms with E-state index in [1.807, 2.05) is 0 Å². The Balaban J connectivity index is 3.13. The molecule has 0 atom stereocenters. The number of oxazole rings is 1. The Hall–Kier alpha value is -1.07. The third-order valence-corrected chi connectivity index (χ3v) is 0.950. The molecule has 2 nitrogen and oxygen atoms in total. The molecule has 11 heavy (non-hydrogen) atoms. The van der Waals surface area contributed by atoms with Crippen LogP contribution in [0.1, 0.15) is 11.7 Å². The van der Waals surface area contributed by atoms with Crippen molar-refractivity contribution in [1.82, 2.24) is 4.98 Å². The summed E-state index contributed by atoms with van der Waals surface area (Å²) >= 11 is 0. The van der Waals surface area contributed by atoms with Crippen molar-refractivity contribution in [2.45, 2.75) is 13.1 Å². The Morgan fingerprint density at radius 3 is 2.09 bits per heavy atom. The fraction of sp³-hybridized carbons (Fsp3) is 0.400. The highest BCUT2D eigenvalue weighted by atomic mass is 19.4. The van der Waals surface area contributed by atoms with E-state index in [0.717, 1.165) is 6.92 Å². The highest BCUT2D eigenvalue weighted by Gasteiger charge is 2.39. The van der Waals surface area contributed by atoms with E-state index < -0.39 is 17.9 Å². The lowest BCUT2D eigenvalue weighted by Crippen LogP contribution is -2.05. The minimum absolute atomic E-state index is 0.338. The molecule has 0 aliphatic rings. The zero-order valence-electron chi connectivity index (χ0n) is 5.37. The maximum absolute atomic E-state index is 12.2. The SMILES string of the molecule is Cc1nc(F)c(C(F)(F)F)o1. The van der Waals surface area contributed by atoms with Gasteiger partial charge in [-0.2, -0.15) is 22.5 Å². The lowest BCUT2D eigenvalue weighted by molar-refractivity contribution is -0.156. The molecule has 0 unspecified atom stereocenters. The third kappa shape index (κ3) is 1.50. The molecule has 0 N–H and O–H groups in total. The van der Waals surface area contributed by atoms with Gasteiger partial charge in [-0.1, -0.05) is 0 Å². The van der Waals surface area contributed by atoms with Gasteiger partial charge in [-0.05, 0) is 0 Å². The monoisotopic (exact) mass is 169 g/mol. The maximum atomic E-state index is 12.2. The number of rotatable bonds is 0. The van der Waals surface area contributed by atoms with Gasteiger partial charge in [0.2, 0.25) is 0 Å². The number of hydrogen-bond donors (Lipinski definition) is 0. The molecule has 0 aliphatic heterocycles. The molecule has 0 aromatic carbocycles. The predicted octanol–water partition coefficient (Wildman–Crippen LogP) is 2.14. The van der Waals surface area contributed by atoms with Gasteiger partial charge < -0.3 is 4.42 Å². The van der Waals surface area contributed by atoms with Crippen molar-refractivity contribution in [3.8, 4) is 0 Å². The molecule has 6 heteroatoms. The molecule has 0 radical (unpaired) electrons. The van der Waals surface area contributed by atoms with Gasteiger partial charge in [0.05, 0.1) is 0 Å². The lowest BCUT2D eigenvalue weighted by Gasteiger charge is -1.98. The normalized spacial score (nSPS) is 12.1. The first-order valence-electron chi connectivity index (χ1n) is 2.61. The van der Waals surface area contributed by atoms with Crippen molar-refractivity contribution in [3.63, 3.8) is 0 Å². The van der Waals surface area contributed by atoms with Crippen LogP contribution in [0.2, 0.25) is 0 Å². The molecule has 1 aromatic rings. The van der Waals surface area contributed by atoms with Crippen LogP contribution in [-0.2, 0) is 6.18 Å². The third-order valence-electron chi connectivity index (χ3n) is 0.950. The summed E-state index contributed by atoms with van der Waals surface area (Å²) < 4.78 is 51.2. The largest absolute Gasteiger partial charge is 0.454 e. The van der Waals surface area contributed by atoms with E-state index in [4.69, 9.17) is 0 Å². The van der Waals surface area contributed by atoms with Crippen LogP contribution in [0.5, 0.6) is 0 Å². The summed E-state index contributed by atoms with van der Waals surface area (Å²) in [5.41, 5.74) is 0. The molecule has 0 spiro atoms. The van der Waals surface area contributed by atoms with Crippen molar-refractivity contribution in [2.75, 3.05) is 0 Å².